The van der Waals surface area contributed by atoms with Crippen LogP contribution in [-0.2, 0) is 19.3 Å². The quantitative estimate of drug-likeness (QED) is 0.0923. The number of aliphatic hydroxyl groups is 1. The number of benzene rings is 6. The first-order chi connectivity index (χ1) is 34.7. The van der Waals surface area contributed by atoms with Crippen molar-refractivity contribution in [2.75, 3.05) is 41.0 Å². The van der Waals surface area contributed by atoms with Gasteiger partial charge >= 0.3 is 0 Å². The predicted octanol–water partition coefficient (Wildman–Crippen LogP) is 14.8. The van der Waals surface area contributed by atoms with E-state index in [-0.39, 0.29) is 42.7 Å². The molecule has 0 amide bonds. The zero-order chi connectivity index (χ0) is 50.0. The topological polar surface area (TPSA) is 119 Å². The first-order valence-electron chi connectivity index (χ1n) is 24.7. The van der Waals surface area contributed by atoms with Crippen LogP contribution >= 0.6 is 61.2 Å². The number of aromatic amines is 3. The summed E-state index contributed by atoms with van der Waals surface area (Å²) in [5.41, 5.74) is 20.1. The Labute approximate surface area is 465 Å². The highest BCUT2D eigenvalue weighted by Gasteiger charge is 2.28. The molecule has 1 aliphatic carbocycles. The van der Waals surface area contributed by atoms with Gasteiger partial charge in [0.25, 0.3) is 0 Å². The number of hydrogen-bond acceptors (Lipinski definition) is 6. The lowest BCUT2D eigenvalue weighted by molar-refractivity contribution is 0.318. The Kier molecular flexibility index (Phi) is 20.0. The van der Waals surface area contributed by atoms with Crippen molar-refractivity contribution in [3.63, 3.8) is 0 Å². The van der Waals surface area contributed by atoms with E-state index in [2.05, 4.69) is 187 Å². The summed E-state index contributed by atoms with van der Waals surface area (Å²) in [4.78, 5) is 10.9. The standard InChI is InChI=1S/C20H21NO.2C19H20N2O.C2H6O.I2.HI/c1-13-6-11-19-18(12-13)17-5-3-4-16(20(17)21-19)14-7-9-15(22-2)10-8-14;2*1-12-3-8-17-16(11-12)15-9-10-20-18(19(15)21-17)13-4-6-14(22-2)7-5-13;1-2-3;1-2;/h6-12,16,21H,3-5H2,1-2H3;2*3-8,11,18,20-21H,9-10H2,1-2H3;3H,2H2,1H3;;1H/t16-;18-;;;;/m00..../s1. The normalized spacial score (nSPS) is 16.3. The van der Waals surface area contributed by atoms with Crippen LogP contribution in [0.3, 0.4) is 0 Å². The Bertz CT molecular complexity index is 2830. The van der Waals surface area contributed by atoms with Crippen LogP contribution in [0.1, 0.15) is 105 Å². The summed E-state index contributed by atoms with van der Waals surface area (Å²) in [7, 11) is 5.12. The molecule has 2 aliphatic heterocycles. The molecule has 0 spiro atoms. The molecule has 6 aromatic carbocycles. The van der Waals surface area contributed by atoms with Crippen LogP contribution in [-0.4, -0.2) is 61.1 Å². The predicted molar refractivity (Wildman–Crippen MR) is 326 cm³/mol. The first-order valence-corrected chi connectivity index (χ1v) is 31.0. The van der Waals surface area contributed by atoms with Gasteiger partial charge in [0.05, 0.1) is 33.4 Å². The summed E-state index contributed by atoms with van der Waals surface area (Å²) >= 11 is 4.24. The lowest BCUT2D eigenvalue weighted by atomic mass is 9.82. The molecular weight excluding hydrogens is 1240 g/mol. The molecule has 0 radical (unpaired) electrons. The number of nitrogens with one attached hydrogen (secondary N) is 5. The van der Waals surface area contributed by atoms with Crippen molar-refractivity contribution in [1.82, 2.24) is 25.6 Å². The van der Waals surface area contributed by atoms with Crippen LogP contribution in [0.4, 0.5) is 0 Å². The minimum Gasteiger partial charge on any atom is -0.497 e. The van der Waals surface area contributed by atoms with E-state index in [1.54, 1.807) is 28.3 Å². The maximum atomic E-state index is 7.57. The van der Waals surface area contributed by atoms with E-state index in [1.165, 1.54) is 119 Å². The number of rotatable bonds is 6. The molecule has 0 fully saturated rings. The van der Waals surface area contributed by atoms with Crippen molar-refractivity contribution >= 4 is 93.9 Å². The largest absolute Gasteiger partial charge is 0.497 e. The second-order valence-electron chi connectivity index (χ2n) is 18.6. The number of aromatic nitrogens is 3. The summed E-state index contributed by atoms with van der Waals surface area (Å²) in [6, 6.07) is 45.7. The Morgan fingerprint density at radius 2 is 0.819 bits per heavy atom. The van der Waals surface area contributed by atoms with Gasteiger partial charge in [-0.2, -0.15) is 0 Å². The van der Waals surface area contributed by atoms with Gasteiger partial charge in [0.1, 0.15) is 17.2 Å². The smallest absolute Gasteiger partial charge is 0.118 e. The van der Waals surface area contributed by atoms with Crippen molar-refractivity contribution in [3.8, 4) is 17.2 Å². The molecule has 12 heteroatoms. The summed E-state index contributed by atoms with van der Waals surface area (Å²) in [6.07, 6.45) is 5.80. The fourth-order valence-electron chi connectivity index (χ4n) is 10.6. The summed E-state index contributed by atoms with van der Waals surface area (Å²) < 4.78 is 15.8. The number of halogens is 3. The Hall–Kier alpha value is -4.59. The van der Waals surface area contributed by atoms with E-state index in [1.807, 2.05) is 24.3 Å². The number of fused-ring (bicyclic) bond motifs is 9. The van der Waals surface area contributed by atoms with E-state index in [0.29, 0.717) is 5.92 Å². The van der Waals surface area contributed by atoms with E-state index < -0.39 is 0 Å². The molecule has 72 heavy (non-hydrogen) atoms. The van der Waals surface area contributed by atoms with Gasteiger partial charge in [-0.05, 0) is 166 Å². The van der Waals surface area contributed by atoms with Gasteiger partial charge in [0, 0.05) is 113 Å². The Balaban J connectivity index is 0.000000150. The summed E-state index contributed by atoms with van der Waals surface area (Å²) in [5, 5.41) is 19.0. The molecule has 378 valence electrons. The molecule has 3 atom stereocenters. The average Bonchev–Trinajstić information content (AvgIpc) is 4.11. The van der Waals surface area contributed by atoms with Crippen LogP contribution in [0.25, 0.3) is 32.7 Å². The minimum absolute atomic E-state index is 0. The number of aryl methyl sites for hydroxylation is 4. The maximum absolute atomic E-state index is 7.57. The second-order valence-corrected chi connectivity index (χ2v) is 18.6. The van der Waals surface area contributed by atoms with Crippen molar-refractivity contribution in [2.45, 2.75) is 77.8 Å². The molecule has 3 aliphatic rings. The van der Waals surface area contributed by atoms with Crippen LogP contribution in [0.15, 0.2) is 127 Å². The second kappa shape index (κ2) is 26.1. The van der Waals surface area contributed by atoms with Crippen LogP contribution < -0.4 is 24.8 Å². The molecule has 6 N–H and O–H groups in total. The number of H-pyrrole nitrogens is 3. The third-order valence-electron chi connectivity index (χ3n) is 14.0. The van der Waals surface area contributed by atoms with Gasteiger partial charge in [0.15, 0.2) is 0 Å². The van der Waals surface area contributed by atoms with Gasteiger partial charge in [-0.15, -0.1) is 24.0 Å². The highest BCUT2D eigenvalue weighted by Crippen LogP contribution is 2.41. The molecule has 12 rings (SSSR count). The van der Waals surface area contributed by atoms with Gasteiger partial charge in [0.2, 0.25) is 0 Å². The lowest BCUT2D eigenvalue weighted by Gasteiger charge is -2.25. The fourth-order valence-corrected chi connectivity index (χ4v) is 10.6. The molecule has 5 heterocycles. The maximum Gasteiger partial charge on any atom is 0.118 e. The van der Waals surface area contributed by atoms with Gasteiger partial charge in [-0.25, -0.2) is 0 Å². The molecule has 9 nitrogen and oxygen atoms in total. The highest BCUT2D eigenvalue weighted by molar-refractivity contribution is 15.0. The SMILES string of the molecule is CCO.COc1ccc(C2NCCc3c2[nH]c2ccc(C)cc32)cc1.COc1ccc([C@@H]2CCCc3c2[nH]c2ccc(C)cc32)cc1.COc1ccc([C@@H]2NCCc3c2[nH]c2ccc(C)cc32)cc1.I.II. The zero-order valence-electron chi connectivity index (χ0n) is 42.3. The number of ether oxygens (including phenoxy) is 3. The van der Waals surface area contributed by atoms with Crippen LogP contribution in [0.2, 0.25) is 0 Å². The summed E-state index contributed by atoms with van der Waals surface area (Å²) in [5.74, 6) is 3.19. The van der Waals surface area contributed by atoms with E-state index in [4.69, 9.17) is 19.3 Å². The Morgan fingerprint density at radius 3 is 1.18 bits per heavy atom. The lowest BCUT2D eigenvalue weighted by Crippen LogP contribution is -2.30. The molecular formula is C60H68I3N5O4. The fraction of sp³-hybridized carbons (Fsp3) is 0.300. The van der Waals surface area contributed by atoms with Crippen molar-refractivity contribution in [2.24, 2.45) is 0 Å². The van der Waals surface area contributed by atoms with E-state index >= 15 is 0 Å². The highest BCUT2D eigenvalue weighted by atomic mass is 128. The zero-order valence-corrected chi connectivity index (χ0v) is 49.0. The molecule has 0 bridgehead atoms. The molecule has 1 unspecified atom stereocenters. The number of hydrogen-bond donors (Lipinski definition) is 6. The van der Waals surface area contributed by atoms with Gasteiger partial charge < -0.3 is 44.9 Å². The van der Waals surface area contributed by atoms with Gasteiger partial charge in [-0.1, -0.05) is 71.3 Å². The molecule has 0 saturated heterocycles. The monoisotopic (exact) mass is 1300 g/mol. The summed E-state index contributed by atoms with van der Waals surface area (Å²) in [6.45, 7) is 10.4. The van der Waals surface area contributed by atoms with Crippen molar-refractivity contribution in [3.05, 3.63) is 195 Å². The number of aliphatic hydroxyl groups excluding tert-OH is 1. The third-order valence-corrected chi connectivity index (χ3v) is 14.0. The van der Waals surface area contributed by atoms with Crippen LogP contribution in [0, 0.1) is 20.8 Å². The van der Waals surface area contributed by atoms with Gasteiger partial charge in [-0.3, -0.25) is 0 Å². The van der Waals surface area contributed by atoms with E-state index in [9.17, 15) is 0 Å². The number of methoxy groups -OCH3 is 3. The molecule has 0 saturated carbocycles. The molecule has 3 aromatic heterocycles. The first kappa shape index (κ1) is 55.2. The van der Waals surface area contributed by atoms with Crippen molar-refractivity contribution < 1.29 is 19.3 Å². The van der Waals surface area contributed by atoms with E-state index in [0.717, 1.165) is 43.2 Å². The minimum atomic E-state index is 0. The average molecular weight is 1300 g/mol. The van der Waals surface area contributed by atoms with Crippen molar-refractivity contribution in [1.29, 1.82) is 0 Å². The Morgan fingerprint density at radius 1 is 0.486 bits per heavy atom. The molecule has 9 aromatic rings. The third kappa shape index (κ3) is 12.3. The van der Waals surface area contributed by atoms with Crippen LogP contribution in [0.5, 0.6) is 17.2 Å².